The van der Waals surface area contributed by atoms with Crippen LogP contribution in [-0.4, -0.2) is 43.7 Å². The molecule has 1 spiro atoms. The lowest BCUT2D eigenvalue weighted by Crippen LogP contribution is -2.61. The maximum absolute atomic E-state index is 5.31. The van der Waals surface area contributed by atoms with E-state index in [-0.39, 0.29) is 0 Å². The van der Waals surface area contributed by atoms with Gasteiger partial charge in [-0.25, -0.2) is 0 Å². The molecule has 3 rings (SSSR count). The van der Waals surface area contributed by atoms with Crippen molar-refractivity contribution in [3.8, 4) is 5.75 Å². The smallest absolute Gasteiger partial charge is 0.119 e. The van der Waals surface area contributed by atoms with E-state index >= 15 is 0 Å². The van der Waals surface area contributed by atoms with Crippen LogP contribution in [0.15, 0.2) is 24.3 Å². The maximum Gasteiger partial charge on any atom is 0.119 e. The Morgan fingerprint density at radius 2 is 2.10 bits per heavy atom. The lowest BCUT2D eigenvalue weighted by molar-refractivity contribution is 0.100. The Morgan fingerprint density at radius 3 is 2.90 bits per heavy atom. The van der Waals surface area contributed by atoms with Gasteiger partial charge < -0.3 is 10.1 Å². The average Bonchev–Trinajstić information content (AvgIpc) is 2.54. The predicted octanol–water partition coefficient (Wildman–Crippen LogP) is 2.85. The second-order valence-corrected chi connectivity index (χ2v) is 6.65. The SMILES string of the molecule is COc1cccc(CCN2CCNC3(CCCCC3)C2)c1. The normalized spacial score (nSPS) is 22.3. The Hall–Kier alpha value is -1.06. The van der Waals surface area contributed by atoms with Gasteiger partial charge in [-0.2, -0.15) is 0 Å². The van der Waals surface area contributed by atoms with Crippen molar-refractivity contribution in [2.75, 3.05) is 33.3 Å². The second-order valence-electron chi connectivity index (χ2n) is 6.65. The molecule has 1 aromatic carbocycles. The lowest BCUT2D eigenvalue weighted by atomic mass is 9.80. The standard InChI is InChI=1S/C18H28N2O/c1-21-17-7-5-6-16(14-17)8-12-20-13-11-19-18(15-20)9-3-2-4-10-18/h5-7,14,19H,2-4,8-13,15H2,1H3. The number of nitrogens with zero attached hydrogens (tertiary/aromatic N) is 1. The van der Waals surface area contributed by atoms with Crippen LogP contribution < -0.4 is 10.1 Å². The van der Waals surface area contributed by atoms with E-state index in [0.717, 1.165) is 25.3 Å². The molecule has 1 aliphatic carbocycles. The molecule has 0 bridgehead atoms. The summed E-state index contributed by atoms with van der Waals surface area (Å²) in [6, 6.07) is 8.49. The van der Waals surface area contributed by atoms with Crippen LogP contribution in [0.25, 0.3) is 0 Å². The van der Waals surface area contributed by atoms with Crippen LogP contribution in [0.1, 0.15) is 37.7 Å². The molecule has 1 saturated heterocycles. The average molecular weight is 288 g/mol. The van der Waals surface area contributed by atoms with Gasteiger partial charge in [0.1, 0.15) is 5.75 Å². The number of hydrogen-bond acceptors (Lipinski definition) is 3. The first kappa shape index (κ1) is 14.9. The molecule has 2 aliphatic rings. The third kappa shape index (κ3) is 3.78. The van der Waals surface area contributed by atoms with Crippen LogP contribution in [0.2, 0.25) is 0 Å². The van der Waals surface area contributed by atoms with Crippen LogP contribution >= 0.6 is 0 Å². The second kappa shape index (κ2) is 6.80. The summed E-state index contributed by atoms with van der Waals surface area (Å²) in [5.41, 5.74) is 1.80. The molecule has 0 amide bonds. The van der Waals surface area contributed by atoms with E-state index in [1.54, 1.807) is 7.11 Å². The summed E-state index contributed by atoms with van der Waals surface area (Å²) in [6.07, 6.45) is 8.07. The monoisotopic (exact) mass is 288 g/mol. The first-order valence-corrected chi connectivity index (χ1v) is 8.40. The molecule has 1 aromatic rings. The van der Waals surface area contributed by atoms with E-state index in [0.29, 0.717) is 5.54 Å². The van der Waals surface area contributed by atoms with Gasteiger partial charge in [0, 0.05) is 31.7 Å². The zero-order valence-electron chi connectivity index (χ0n) is 13.2. The Balaban J connectivity index is 1.54. The fourth-order valence-electron chi connectivity index (χ4n) is 3.91. The minimum Gasteiger partial charge on any atom is -0.497 e. The van der Waals surface area contributed by atoms with E-state index in [4.69, 9.17) is 4.74 Å². The third-order valence-corrected chi connectivity index (χ3v) is 5.12. The summed E-state index contributed by atoms with van der Waals surface area (Å²) in [4.78, 5) is 2.65. The summed E-state index contributed by atoms with van der Waals surface area (Å²) in [5, 5.41) is 3.82. The molecule has 3 nitrogen and oxygen atoms in total. The third-order valence-electron chi connectivity index (χ3n) is 5.12. The van der Waals surface area contributed by atoms with E-state index in [1.807, 2.05) is 6.07 Å². The van der Waals surface area contributed by atoms with Crippen molar-refractivity contribution in [2.45, 2.75) is 44.1 Å². The minimum absolute atomic E-state index is 0.422. The molecule has 1 aliphatic heterocycles. The molecule has 21 heavy (non-hydrogen) atoms. The summed E-state index contributed by atoms with van der Waals surface area (Å²) in [7, 11) is 1.74. The van der Waals surface area contributed by atoms with Crippen molar-refractivity contribution in [3.05, 3.63) is 29.8 Å². The van der Waals surface area contributed by atoms with Crippen molar-refractivity contribution in [2.24, 2.45) is 0 Å². The number of piperazine rings is 1. The molecule has 0 aromatic heterocycles. The molecule has 0 unspecified atom stereocenters. The van der Waals surface area contributed by atoms with E-state index in [9.17, 15) is 0 Å². The van der Waals surface area contributed by atoms with Gasteiger partial charge in [0.25, 0.3) is 0 Å². The molecule has 0 atom stereocenters. The van der Waals surface area contributed by atoms with Crippen LogP contribution in [0.4, 0.5) is 0 Å². The fourth-order valence-corrected chi connectivity index (χ4v) is 3.91. The maximum atomic E-state index is 5.31. The number of nitrogens with one attached hydrogen (secondary N) is 1. The van der Waals surface area contributed by atoms with Crippen molar-refractivity contribution in [3.63, 3.8) is 0 Å². The molecular weight excluding hydrogens is 260 g/mol. The van der Waals surface area contributed by atoms with Crippen molar-refractivity contribution in [1.29, 1.82) is 0 Å². The summed E-state index contributed by atoms with van der Waals surface area (Å²) < 4.78 is 5.31. The van der Waals surface area contributed by atoms with Crippen molar-refractivity contribution in [1.82, 2.24) is 10.2 Å². The number of hydrogen-bond donors (Lipinski definition) is 1. The highest BCUT2D eigenvalue weighted by atomic mass is 16.5. The Labute approximate surface area is 128 Å². The topological polar surface area (TPSA) is 24.5 Å². The zero-order valence-corrected chi connectivity index (χ0v) is 13.2. The first-order chi connectivity index (χ1) is 10.3. The summed E-state index contributed by atoms with van der Waals surface area (Å²) in [5.74, 6) is 0.969. The fraction of sp³-hybridized carbons (Fsp3) is 0.667. The minimum atomic E-state index is 0.422. The molecule has 1 heterocycles. The number of methoxy groups -OCH3 is 1. The van der Waals surface area contributed by atoms with Gasteiger partial charge in [0.2, 0.25) is 0 Å². The van der Waals surface area contributed by atoms with Gasteiger partial charge in [0.15, 0.2) is 0 Å². The van der Waals surface area contributed by atoms with E-state index in [1.165, 1.54) is 50.8 Å². The van der Waals surface area contributed by atoms with Crippen molar-refractivity contribution < 1.29 is 4.74 Å². The predicted molar refractivity (Wildman–Crippen MR) is 87.0 cm³/mol. The molecule has 1 saturated carbocycles. The Morgan fingerprint density at radius 1 is 1.24 bits per heavy atom. The molecule has 1 N–H and O–H groups in total. The molecule has 3 heteroatoms. The van der Waals surface area contributed by atoms with Gasteiger partial charge in [-0.1, -0.05) is 31.4 Å². The number of benzene rings is 1. The van der Waals surface area contributed by atoms with Crippen LogP contribution in [0.3, 0.4) is 0 Å². The Bertz CT molecular complexity index is 449. The van der Waals surface area contributed by atoms with E-state index < -0.39 is 0 Å². The number of rotatable bonds is 4. The molecular formula is C18H28N2O. The quantitative estimate of drug-likeness (QED) is 0.922. The lowest BCUT2D eigenvalue weighted by Gasteiger charge is -2.46. The van der Waals surface area contributed by atoms with Gasteiger partial charge in [-0.3, -0.25) is 4.90 Å². The van der Waals surface area contributed by atoms with Crippen LogP contribution in [0, 0.1) is 0 Å². The zero-order chi connectivity index (χ0) is 14.5. The van der Waals surface area contributed by atoms with Gasteiger partial charge >= 0.3 is 0 Å². The highest BCUT2D eigenvalue weighted by molar-refractivity contribution is 5.28. The van der Waals surface area contributed by atoms with Crippen molar-refractivity contribution >= 4 is 0 Å². The highest BCUT2D eigenvalue weighted by Crippen LogP contribution is 2.30. The molecule has 0 radical (unpaired) electrons. The highest BCUT2D eigenvalue weighted by Gasteiger charge is 2.35. The Kier molecular flexibility index (Phi) is 4.81. The summed E-state index contributed by atoms with van der Waals surface area (Å²) in [6.45, 7) is 4.73. The van der Waals surface area contributed by atoms with Crippen LogP contribution in [0.5, 0.6) is 5.75 Å². The largest absolute Gasteiger partial charge is 0.497 e. The van der Waals surface area contributed by atoms with Crippen LogP contribution in [-0.2, 0) is 6.42 Å². The number of ether oxygens (including phenoxy) is 1. The molecule has 116 valence electrons. The summed E-state index contributed by atoms with van der Waals surface area (Å²) >= 11 is 0. The molecule has 2 fully saturated rings. The van der Waals surface area contributed by atoms with E-state index in [2.05, 4.69) is 28.4 Å². The van der Waals surface area contributed by atoms with Gasteiger partial charge in [0.05, 0.1) is 7.11 Å². The van der Waals surface area contributed by atoms with Gasteiger partial charge in [-0.15, -0.1) is 0 Å². The first-order valence-electron chi connectivity index (χ1n) is 8.40. The van der Waals surface area contributed by atoms with Gasteiger partial charge in [-0.05, 0) is 37.0 Å².